The summed E-state index contributed by atoms with van der Waals surface area (Å²) in [5, 5.41) is 3.60. The number of fused-ring (bicyclic) bond motifs is 4. The maximum Gasteiger partial charge on any atom is 0.120 e. The zero-order valence-electron chi connectivity index (χ0n) is 27.0. The van der Waals surface area contributed by atoms with E-state index in [0.29, 0.717) is 0 Å². The molecule has 7 rings (SSSR count). The SMILES string of the molecule is CCn1c(-c2[c-]ccc3c2oc2ccccc23)nc2ccccc21.[2H]C(C)(C)c1c[c-]c(-c2ccc([Si](C)(C)C)cn2)cc1.[Ir]. The number of pyridine rings is 1. The van der Waals surface area contributed by atoms with Gasteiger partial charge in [-0.2, -0.15) is 0 Å². The molecule has 0 atom stereocenters. The number of para-hydroxylation sites is 3. The van der Waals surface area contributed by atoms with E-state index in [4.69, 9.17) is 10.8 Å². The van der Waals surface area contributed by atoms with Crippen molar-refractivity contribution in [2.45, 2.75) is 52.9 Å². The van der Waals surface area contributed by atoms with E-state index in [0.717, 1.165) is 67.7 Å². The van der Waals surface area contributed by atoms with Gasteiger partial charge in [0.25, 0.3) is 0 Å². The summed E-state index contributed by atoms with van der Waals surface area (Å²) in [6.45, 7) is 13.7. The molecule has 0 spiro atoms. The minimum atomic E-state index is -1.29. The van der Waals surface area contributed by atoms with Crippen LogP contribution >= 0.6 is 0 Å². The van der Waals surface area contributed by atoms with Gasteiger partial charge in [0.2, 0.25) is 0 Å². The molecule has 0 saturated heterocycles. The number of aromatic nitrogens is 3. The molecular formula is C38H37IrN3OSi-2. The maximum absolute atomic E-state index is 8.01. The van der Waals surface area contributed by atoms with Crippen molar-refractivity contribution < 1.29 is 25.9 Å². The Morgan fingerprint density at radius 1 is 0.909 bits per heavy atom. The monoisotopic (exact) mass is 773 g/mol. The Morgan fingerprint density at radius 3 is 2.36 bits per heavy atom. The fourth-order valence-corrected chi connectivity index (χ4v) is 6.37. The quantitative estimate of drug-likeness (QED) is 0.129. The predicted octanol–water partition coefficient (Wildman–Crippen LogP) is 9.64. The number of rotatable bonds is 5. The van der Waals surface area contributed by atoms with Crippen molar-refractivity contribution in [2.24, 2.45) is 0 Å². The van der Waals surface area contributed by atoms with Crippen molar-refractivity contribution in [3.8, 4) is 22.6 Å². The molecule has 0 aliphatic carbocycles. The van der Waals surface area contributed by atoms with Crippen molar-refractivity contribution in [2.75, 3.05) is 0 Å². The summed E-state index contributed by atoms with van der Waals surface area (Å²) in [4.78, 5) is 9.41. The Labute approximate surface area is 275 Å². The van der Waals surface area contributed by atoms with Gasteiger partial charge in [-0.1, -0.05) is 92.8 Å². The minimum absolute atomic E-state index is 0. The van der Waals surface area contributed by atoms with E-state index in [1.54, 1.807) is 0 Å². The summed E-state index contributed by atoms with van der Waals surface area (Å²) in [6, 6.07) is 37.1. The summed E-state index contributed by atoms with van der Waals surface area (Å²) < 4.78 is 16.4. The molecule has 44 heavy (non-hydrogen) atoms. The molecule has 4 aromatic carbocycles. The molecule has 0 aliphatic heterocycles. The second-order valence-corrected chi connectivity index (χ2v) is 17.1. The molecule has 3 aromatic heterocycles. The van der Waals surface area contributed by atoms with Gasteiger partial charge in [0.15, 0.2) is 0 Å². The molecule has 0 fully saturated rings. The molecule has 0 amide bonds. The largest absolute Gasteiger partial charge is 0.501 e. The Balaban J connectivity index is 0.000000177. The molecule has 0 aliphatic rings. The van der Waals surface area contributed by atoms with Gasteiger partial charge >= 0.3 is 0 Å². The third-order valence-electron chi connectivity index (χ3n) is 7.83. The van der Waals surface area contributed by atoms with Crippen LogP contribution < -0.4 is 5.19 Å². The van der Waals surface area contributed by atoms with Crippen LogP contribution in [0, 0.1) is 12.1 Å². The molecule has 4 nitrogen and oxygen atoms in total. The normalized spacial score (nSPS) is 12.1. The summed E-state index contributed by atoms with van der Waals surface area (Å²) >= 11 is 0. The number of furan rings is 1. The summed E-state index contributed by atoms with van der Waals surface area (Å²) in [5.41, 5.74) is 7.70. The van der Waals surface area contributed by atoms with Gasteiger partial charge in [-0.3, -0.25) is 4.98 Å². The smallest absolute Gasteiger partial charge is 0.120 e. The third-order valence-corrected chi connectivity index (χ3v) is 9.86. The van der Waals surface area contributed by atoms with Crippen LogP contribution in [0.2, 0.25) is 19.6 Å². The van der Waals surface area contributed by atoms with E-state index >= 15 is 0 Å². The second-order valence-electron chi connectivity index (χ2n) is 12.0. The van der Waals surface area contributed by atoms with Crippen molar-refractivity contribution in [3.63, 3.8) is 0 Å². The van der Waals surface area contributed by atoms with E-state index in [1.165, 1.54) is 5.19 Å². The second kappa shape index (κ2) is 13.0. The first-order valence-corrected chi connectivity index (χ1v) is 18.3. The van der Waals surface area contributed by atoms with Gasteiger partial charge in [-0.25, -0.2) is 0 Å². The molecule has 3 heterocycles. The average Bonchev–Trinajstić information content (AvgIpc) is 3.59. The van der Waals surface area contributed by atoms with E-state index in [2.05, 4.69) is 78.6 Å². The molecule has 0 unspecified atom stereocenters. The standard InChI is InChI=1S/C21H15N2O.C17H22NSi.Ir/c1-2-23-18-12-5-4-11-17(18)22-21(23)16-10-7-9-15-14-8-3-6-13-19(14)24-20(15)16;1-13(2)14-6-8-15(9-7-14)17-11-10-16(12-18-17)19(3,4)5;/h3-9,11-13H,2H2,1H3;6-8,10-13H,1-5H3;/q2*-1;/i;13D;. The number of hydrogen-bond donors (Lipinski definition) is 0. The van der Waals surface area contributed by atoms with Crippen LogP contribution in [0.5, 0.6) is 0 Å². The summed E-state index contributed by atoms with van der Waals surface area (Å²) in [6.07, 6.45) is 2.00. The van der Waals surface area contributed by atoms with Crippen LogP contribution in [0.3, 0.4) is 0 Å². The van der Waals surface area contributed by atoms with E-state index in [-0.39, 0.29) is 20.1 Å². The molecule has 1 radical (unpaired) electrons. The summed E-state index contributed by atoms with van der Waals surface area (Å²) in [5.74, 6) is 0.327. The first-order valence-electron chi connectivity index (χ1n) is 15.3. The predicted molar refractivity (Wildman–Crippen MR) is 183 cm³/mol. The first-order chi connectivity index (χ1) is 21.0. The van der Waals surface area contributed by atoms with Crippen LogP contribution in [0.15, 0.2) is 102 Å². The van der Waals surface area contributed by atoms with Gasteiger partial charge in [0.05, 0.1) is 30.5 Å². The van der Waals surface area contributed by atoms with Crippen molar-refractivity contribution in [1.82, 2.24) is 14.5 Å². The van der Waals surface area contributed by atoms with Crippen molar-refractivity contribution in [1.29, 1.82) is 0 Å². The van der Waals surface area contributed by atoms with Crippen LogP contribution in [-0.4, -0.2) is 22.6 Å². The molecule has 0 bridgehead atoms. The Bertz CT molecular complexity index is 2010. The van der Waals surface area contributed by atoms with Crippen LogP contribution in [0.4, 0.5) is 0 Å². The topological polar surface area (TPSA) is 43.9 Å². The Hall–Kier alpha value is -3.83. The number of benzene rings is 4. The summed E-state index contributed by atoms with van der Waals surface area (Å²) in [7, 11) is -1.29. The van der Waals surface area contributed by atoms with Gasteiger partial charge in [0, 0.05) is 39.6 Å². The van der Waals surface area contributed by atoms with E-state index in [1.807, 2.05) is 80.7 Å². The van der Waals surface area contributed by atoms with E-state index in [9.17, 15) is 0 Å². The molecule has 7 aromatic rings. The fourth-order valence-electron chi connectivity index (χ4n) is 5.34. The van der Waals surface area contributed by atoms with Crippen molar-refractivity contribution in [3.05, 3.63) is 115 Å². The molecule has 0 saturated carbocycles. The van der Waals surface area contributed by atoms with Crippen LogP contribution in [-0.2, 0) is 26.7 Å². The Morgan fingerprint density at radius 2 is 1.68 bits per heavy atom. The van der Waals surface area contributed by atoms with Crippen LogP contribution in [0.25, 0.3) is 55.6 Å². The van der Waals surface area contributed by atoms with E-state index < -0.39 is 14.0 Å². The number of imidazole rings is 1. The van der Waals surface area contributed by atoms with Gasteiger partial charge < -0.3 is 14.0 Å². The van der Waals surface area contributed by atoms with Gasteiger partial charge in [-0.05, 0) is 36.0 Å². The fraction of sp³-hybridized carbons (Fsp3) is 0.211. The molecule has 225 valence electrons. The van der Waals surface area contributed by atoms with Gasteiger partial charge in [-0.15, -0.1) is 53.6 Å². The minimum Gasteiger partial charge on any atom is -0.501 e. The Kier molecular flexibility index (Phi) is 8.95. The molecular weight excluding hydrogens is 735 g/mol. The first kappa shape index (κ1) is 30.2. The number of aryl methyl sites for hydroxylation is 1. The average molecular weight is 773 g/mol. The van der Waals surface area contributed by atoms with Gasteiger partial charge in [0.1, 0.15) is 5.58 Å². The third kappa shape index (κ3) is 6.21. The van der Waals surface area contributed by atoms with Crippen LogP contribution in [0.1, 0.15) is 33.6 Å². The number of nitrogens with zero attached hydrogens (tertiary/aromatic N) is 3. The molecule has 0 N–H and O–H groups in total. The zero-order valence-corrected chi connectivity index (χ0v) is 29.4. The zero-order chi connectivity index (χ0) is 31.1. The number of hydrogen-bond acceptors (Lipinski definition) is 3. The maximum atomic E-state index is 8.01. The van der Waals surface area contributed by atoms with Crippen molar-refractivity contribution >= 4 is 46.2 Å². The molecule has 6 heteroatoms.